The summed E-state index contributed by atoms with van der Waals surface area (Å²) in [5.74, 6) is -3.36. The van der Waals surface area contributed by atoms with Gasteiger partial charge >= 0.3 is 5.69 Å². The highest BCUT2D eigenvalue weighted by Gasteiger charge is 2.21. The third-order valence-electron chi connectivity index (χ3n) is 2.55. The molecule has 1 aromatic carbocycles. The Bertz CT molecular complexity index is 694. The van der Waals surface area contributed by atoms with Crippen LogP contribution in [0.25, 0.3) is 0 Å². The standard InChI is InChI=1S/C12H8F2N4O3/c13-9-4-11(18(20)21)10(14)3-8(9)12(19)16-5-7-1-2-15-6-17-7/h1-4,6H,5H2,(H,16,19). The van der Waals surface area contributed by atoms with Gasteiger partial charge in [-0.25, -0.2) is 14.4 Å². The summed E-state index contributed by atoms with van der Waals surface area (Å²) in [6.45, 7) is -0.0145. The van der Waals surface area contributed by atoms with Crippen molar-refractivity contribution >= 4 is 11.6 Å². The van der Waals surface area contributed by atoms with Gasteiger partial charge in [-0.05, 0) is 12.1 Å². The minimum atomic E-state index is -1.28. The highest BCUT2D eigenvalue weighted by atomic mass is 19.1. The summed E-state index contributed by atoms with van der Waals surface area (Å²) in [6, 6.07) is 2.39. The normalized spacial score (nSPS) is 10.2. The largest absolute Gasteiger partial charge is 0.346 e. The molecule has 2 aromatic rings. The Morgan fingerprint density at radius 1 is 1.33 bits per heavy atom. The van der Waals surface area contributed by atoms with Gasteiger partial charge in [0, 0.05) is 6.20 Å². The minimum absolute atomic E-state index is 0.0145. The highest BCUT2D eigenvalue weighted by molar-refractivity contribution is 5.94. The number of nitro benzene ring substituents is 1. The van der Waals surface area contributed by atoms with Crippen LogP contribution in [0.2, 0.25) is 0 Å². The van der Waals surface area contributed by atoms with E-state index in [1.54, 1.807) is 0 Å². The van der Waals surface area contributed by atoms with E-state index in [0.717, 1.165) is 0 Å². The van der Waals surface area contributed by atoms with Gasteiger partial charge < -0.3 is 5.32 Å². The predicted octanol–water partition coefficient (Wildman–Crippen LogP) is 1.59. The summed E-state index contributed by atoms with van der Waals surface area (Å²) in [6.07, 6.45) is 2.73. The zero-order valence-electron chi connectivity index (χ0n) is 10.4. The molecule has 1 amide bonds. The molecule has 2 rings (SSSR count). The Hall–Kier alpha value is -2.97. The number of nitrogens with one attached hydrogen (secondary N) is 1. The predicted molar refractivity (Wildman–Crippen MR) is 66.2 cm³/mol. The molecule has 7 nitrogen and oxygen atoms in total. The van der Waals surface area contributed by atoms with Crippen molar-refractivity contribution < 1.29 is 18.5 Å². The van der Waals surface area contributed by atoms with Crippen LogP contribution in [-0.4, -0.2) is 20.8 Å². The number of carbonyl (C=O) groups excluding carboxylic acids is 1. The molecule has 0 spiro atoms. The van der Waals surface area contributed by atoms with Crippen molar-refractivity contribution in [2.24, 2.45) is 0 Å². The maximum absolute atomic E-state index is 13.6. The van der Waals surface area contributed by atoms with Gasteiger partial charge in [-0.1, -0.05) is 0 Å². The van der Waals surface area contributed by atoms with E-state index in [0.29, 0.717) is 17.8 Å². The molecule has 0 unspecified atom stereocenters. The van der Waals surface area contributed by atoms with Crippen LogP contribution in [0.5, 0.6) is 0 Å². The number of halogens is 2. The number of hydrogen-bond acceptors (Lipinski definition) is 5. The number of benzene rings is 1. The lowest BCUT2D eigenvalue weighted by atomic mass is 10.1. The Labute approximate surface area is 116 Å². The van der Waals surface area contributed by atoms with E-state index in [2.05, 4.69) is 15.3 Å². The number of rotatable bonds is 4. The van der Waals surface area contributed by atoms with Crippen molar-refractivity contribution in [3.8, 4) is 0 Å². The molecular weight excluding hydrogens is 286 g/mol. The van der Waals surface area contributed by atoms with E-state index in [9.17, 15) is 23.7 Å². The summed E-state index contributed by atoms with van der Waals surface area (Å²) in [5, 5.41) is 12.8. The molecule has 1 aromatic heterocycles. The molecular formula is C12H8F2N4O3. The van der Waals surface area contributed by atoms with Gasteiger partial charge in [0.2, 0.25) is 5.82 Å². The lowest BCUT2D eigenvalue weighted by molar-refractivity contribution is -0.387. The first-order valence-corrected chi connectivity index (χ1v) is 5.65. The van der Waals surface area contributed by atoms with Crippen LogP contribution in [-0.2, 0) is 6.54 Å². The van der Waals surface area contributed by atoms with Crippen LogP contribution in [0, 0.1) is 21.7 Å². The van der Waals surface area contributed by atoms with Crippen LogP contribution >= 0.6 is 0 Å². The van der Waals surface area contributed by atoms with Crippen LogP contribution in [0.1, 0.15) is 16.1 Å². The summed E-state index contributed by atoms with van der Waals surface area (Å²) in [7, 11) is 0. The first kappa shape index (κ1) is 14.4. The molecule has 108 valence electrons. The molecule has 0 aliphatic rings. The number of aromatic nitrogens is 2. The quantitative estimate of drug-likeness (QED) is 0.682. The molecule has 9 heteroatoms. The van der Waals surface area contributed by atoms with Crippen molar-refractivity contribution in [1.82, 2.24) is 15.3 Å². The fourth-order valence-corrected chi connectivity index (χ4v) is 1.54. The van der Waals surface area contributed by atoms with Gasteiger partial charge in [-0.15, -0.1) is 0 Å². The third-order valence-corrected chi connectivity index (χ3v) is 2.55. The van der Waals surface area contributed by atoms with Gasteiger partial charge in [0.15, 0.2) is 0 Å². The zero-order chi connectivity index (χ0) is 15.4. The SMILES string of the molecule is O=C(NCc1ccncn1)c1cc(F)c([N+](=O)[O-])cc1F. The van der Waals surface area contributed by atoms with E-state index >= 15 is 0 Å². The third kappa shape index (κ3) is 3.32. The lowest BCUT2D eigenvalue weighted by Crippen LogP contribution is -2.24. The molecule has 0 saturated heterocycles. The van der Waals surface area contributed by atoms with Crippen molar-refractivity contribution in [2.75, 3.05) is 0 Å². The van der Waals surface area contributed by atoms with Crippen LogP contribution < -0.4 is 5.32 Å². The Kier molecular flexibility index (Phi) is 4.12. The van der Waals surface area contributed by atoms with Gasteiger partial charge in [0.1, 0.15) is 12.1 Å². The maximum Gasteiger partial charge on any atom is 0.307 e. The molecule has 0 fully saturated rings. The Balaban J connectivity index is 2.16. The monoisotopic (exact) mass is 294 g/mol. The van der Waals surface area contributed by atoms with Crippen LogP contribution in [0.15, 0.2) is 30.7 Å². The first-order valence-electron chi connectivity index (χ1n) is 5.65. The lowest BCUT2D eigenvalue weighted by Gasteiger charge is -2.06. The number of nitro groups is 1. The van der Waals surface area contributed by atoms with Crippen LogP contribution in [0.3, 0.4) is 0 Å². The van der Waals surface area contributed by atoms with E-state index < -0.39 is 33.7 Å². The van der Waals surface area contributed by atoms with E-state index in [-0.39, 0.29) is 6.54 Å². The second-order valence-electron chi connectivity index (χ2n) is 3.92. The summed E-state index contributed by atoms with van der Waals surface area (Å²) in [5.41, 5.74) is -1.17. The van der Waals surface area contributed by atoms with Gasteiger partial charge in [-0.3, -0.25) is 14.9 Å². The Morgan fingerprint density at radius 3 is 2.71 bits per heavy atom. The van der Waals surface area contributed by atoms with E-state index in [1.165, 1.54) is 18.6 Å². The van der Waals surface area contributed by atoms with E-state index in [1.807, 2.05) is 0 Å². The minimum Gasteiger partial charge on any atom is -0.346 e. The van der Waals surface area contributed by atoms with E-state index in [4.69, 9.17) is 0 Å². The topological polar surface area (TPSA) is 98.0 Å². The van der Waals surface area contributed by atoms with Crippen molar-refractivity contribution in [3.05, 3.63) is 63.7 Å². The molecule has 0 aliphatic heterocycles. The van der Waals surface area contributed by atoms with Gasteiger partial charge in [-0.2, -0.15) is 4.39 Å². The maximum atomic E-state index is 13.6. The smallest absolute Gasteiger partial charge is 0.307 e. The average Bonchev–Trinajstić information content (AvgIpc) is 2.47. The summed E-state index contributed by atoms with van der Waals surface area (Å²) in [4.78, 5) is 28.6. The molecule has 1 heterocycles. The van der Waals surface area contributed by atoms with Crippen molar-refractivity contribution in [2.45, 2.75) is 6.54 Å². The molecule has 0 atom stereocenters. The number of amides is 1. The second-order valence-corrected chi connectivity index (χ2v) is 3.92. The average molecular weight is 294 g/mol. The summed E-state index contributed by atoms with van der Waals surface area (Å²) < 4.78 is 27.0. The fraction of sp³-hybridized carbons (Fsp3) is 0.0833. The molecule has 0 aliphatic carbocycles. The fourth-order valence-electron chi connectivity index (χ4n) is 1.54. The van der Waals surface area contributed by atoms with Crippen molar-refractivity contribution in [3.63, 3.8) is 0 Å². The molecule has 1 N–H and O–H groups in total. The van der Waals surface area contributed by atoms with Gasteiger partial charge in [0.05, 0.1) is 28.8 Å². The molecule has 21 heavy (non-hydrogen) atoms. The number of nitrogens with zero attached hydrogens (tertiary/aromatic N) is 3. The molecule has 0 saturated carbocycles. The molecule has 0 bridgehead atoms. The first-order chi connectivity index (χ1) is 9.99. The van der Waals surface area contributed by atoms with Gasteiger partial charge in [0.25, 0.3) is 5.91 Å². The zero-order valence-corrected chi connectivity index (χ0v) is 10.4. The van der Waals surface area contributed by atoms with Crippen molar-refractivity contribution in [1.29, 1.82) is 0 Å². The Morgan fingerprint density at radius 2 is 2.10 bits per heavy atom. The highest BCUT2D eigenvalue weighted by Crippen LogP contribution is 2.21. The molecule has 0 radical (unpaired) electrons. The van der Waals surface area contributed by atoms with Crippen LogP contribution in [0.4, 0.5) is 14.5 Å². The number of hydrogen-bond donors (Lipinski definition) is 1. The summed E-state index contributed by atoms with van der Waals surface area (Å²) >= 11 is 0. The second kappa shape index (κ2) is 5.99. The number of carbonyl (C=O) groups is 1.